The van der Waals surface area contributed by atoms with Gasteiger partial charge in [0.05, 0.1) is 0 Å². The van der Waals surface area contributed by atoms with Crippen LogP contribution in [0.4, 0.5) is 14.5 Å². The molecule has 1 aromatic rings. The Kier molecular flexibility index (Phi) is 3.20. The van der Waals surface area contributed by atoms with Gasteiger partial charge in [-0.3, -0.25) is 0 Å². The van der Waals surface area contributed by atoms with Crippen molar-refractivity contribution in [2.24, 2.45) is 0 Å². The highest BCUT2D eigenvalue weighted by Gasteiger charge is 2.31. The molecule has 1 N–H and O–H groups in total. The summed E-state index contributed by atoms with van der Waals surface area (Å²) in [6.45, 7) is 2.34. The fraction of sp³-hybridized carbons (Fsp3) is 0.571. The molecule has 1 aromatic carbocycles. The van der Waals surface area contributed by atoms with Crippen LogP contribution in [0, 0.1) is 11.6 Å². The highest BCUT2D eigenvalue weighted by molar-refractivity contribution is 5.44. The Hall–Kier alpha value is -1.16. The van der Waals surface area contributed by atoms with Gasteiger partial charge in [0, 0.05) is 30.4 Å². The molecule has 2 aliphatic heterocycles. The van der Waals surface area contributed by atoms with Crippen molar-refractivity contribution in [3.8, 4) is 0 Å². The Morgan fingerprint density at radius 3 is 2.83 bits per heavy atom. The molecule has 4 heteroatoms. The molecule has 18 heavy (non-hydrogen) atoms. The van der Waals surface area contributed by atoms with Crippen LogP contribution in [0.2, 0.25) is 0 Å². The molecule has 0 radical (unpaired) electrons. The van der Waals surface area contributed by atoms with E-state index in [0.717, 1.165) is 19.4 Å². The van der Waals surface area contributed by atoms with Gasteiger partial charge in [-0.15, -0.1) is 0 Å². The van der Waals surface area contributed by atoms with E-state index in [2.05, 4.69) is 10.2 Å². The third-order valence-electron chi connectivity index (χ3n) is 4.11. The van der Waals surface area contributed by atoms with E-state index in [1.165, 1.54) is 31.5 Å². The zero-order valence-corrected chi connectivity index (χ0v) is 10.3. The molecule has 98 valence electrons. The fourth-order valence-corrected chi connectivity index (χ4v) is 3.18. The van der Waals surface area contributed by atoms with Crippen molar-refractivity contribution in [3.63, 3.8) is 0 Å². The van der Waals surface area contributed by atoms with E-state index in [-0.39, 0.29) is 0 Å². The van der Waals surface area contributed by atoms with Crippen molar-refractivity contribution in [2.75, 3.05) is 18.4 Å². The van der Waals surface area contributed by atoms with Crippen LogP contribution in [0.1, 0.15) is 25.7 Å². The third kappa shape index (κ3) is 2.34. The Balaban J connectivity index is 1.64. The number of rotatable bonds is 2. The number of hydrogen-bond acceptors (Lipinski definition) is 2. The molecule has 2 heterocycles. The molecule has 2 saturated heterocycles. The maximum Gasteiger partial charge on any atom is 0.160 e. The summed E-state index contributed by atoms with van der Waals surface area (Å²) < 4.78 is 26.0. The van der Waals surface area contributed by atoms with Crippen molar-refractivity contribution in [1.82, 2.24) is 4.90 Å². The number of nitrogens with zero attached hydrogens (tertiary/aromatic N) is 1. The fourth-order valence-electron chi connectivity index (χ4n) is 3.18. The largest absolute Gasteiger partial charge is 0.382 e. The molecular weight excluding hydrogens is 234 g/mol. The average molecular weight is 252 g/mol. The maximum absolute atomic E-state index is 13.1. The minimum atomic E-state index is -0.786. The van der Waals surface area contributed by atoms with E-state index in [4.69, 9.17) is 0 Å². The van der Waals surface area contributed by atoms with Gasteiger partial charge in [-0.05, 0) is 44.4 Å². The highest BCUT2D eigenvalue weighted by atomic mass is 19.2. The number of anilines is 1. The van der Waals surface area contributed by atoms with Crippen molar-refractivity contribution in [1.29, 1.82) is 0 Å². The van der Waals surface area contributed by atoms with Gasteiger partial charge in [-0.25, -0.2) is 8.78 Å². The van der Waals surface area contributed by atoms with Gasteiger partial charge in [0.2, 0.25) is 0 Å². The van der Waals surface area contributed by atoms with E-state index in [1.807, 2.05) is 0 Å². The van der Waals surface area contributed by atoms with E-state index in [0.29, 0.717) is 17.8 Å². The van der Waals surface area contributed by atoms with Gasteiger partial charge in [0.1, 0.15) is 0 Å². The maximum atomic E-state index is 13.1. The number of halogens is 2. The van der Waals surface area contributed by atoms with Crippen LogP contribution < -0.4 is 5.32 Å². The summed E-state index contributed by atoms with van der Waals surface area (Å²) in [5.41, 5.74) is 0.686. The molecule has 0 aliphatic carbocycles. The van der Waals surface area contributed by atoms with Gasteiger partial charge in [0.15, 0.2) is 11.6 Å². The molecule has 2 atom stereocenters. The Morgan fingerprint density at radius 2 is 2.00 bits per heavy atom. The zero-order valence-electron chi connectivity index (χ0n) is 10.3. The monoisotopic (exact) mass is 252 g/mol. The van der Waals surface area contributed by atoms with Gasteiger partial charge in [-0.1, -0.05) is 0 Å². The summed E-state index contributed by atoms with van der Waals surface area (Å²) in [7, 11) is 0. The second kappa shape index (κ2) is 4.84. The van der Waals surface area contributed by atoms with Gasteiger partial charge >= 0.3 is 0 Å². The quantitative estimate of drug-likeness (QED) is 0.870. The number of piperidine rings is 1. The van der Waals surface area contributed by atoms with E-state index in [9.17, 15) is 8.78 Å². The van der Waals surface area contributed by atoms with Crippen LogP contribution in [-0.4, -0.2) is 30.1 Å². The number of benzene rings is 1. The summed E-state index contributed by atoms with van der Waals surface area (Å²) in [6, 6.07) is 5.11. The summed E-state index contributed by atoms with van der Waals surface area (Å²) in [5.74, 6) is -1.57. The van der Waals surface area contributed by atoms with Crippen LogP contribution >= 0.6 is 0 Å². The summed E-state index contributed by atoms with van der Waals surface area (Å²) in [4.78, 5) is 2.55. The molecule has 0 amide bonds. The predicted molar refractivity (Wildman–Crippen MR) is 67.6 cm³/mol. The minimum absolute atomic E-state index is 0.384. The predicted octanol–water partition coefficient (Wildman–Crippen LogP) is 3.00. The lowest BCUT2D eigenvalue weighted by atomic mass is 9.97. The number of fused-ring (bicyclic) bond motifs is 1. The van der Waals surface area contributed by atoms with Crippen molar-refractivity contribution >= 4 is 5.69 Å². The molecule has 2 unspecified atom stereocenters. The van der Waals surface area contributed by atoms with Crippen LogP contribution in [0.5, 0.6) is 0 Å². The second-order valence-corrected chi connectivity index (χ2v) is 5.33. The molecule has 2 fully saturated rings. The molecule has 0 aromatic heterocycles. The lowest BCUT2D eigenvalue weighted by Crippen LogP contribution is -2.42. The Morgan fingerprint density at radius 1 is 1.11 bits per heavy atom. The van der Waals surface area contributed by atoms with E-state index in [1.54, 1.807) is 6.07 Å². The SMILES string of the molecule is Fc1ccc(NC2CCN3CCCC3C2)cc1F. The summed E-state index contributed by atoms with van der Waals surface area (Å²) >= 11 is 0. The van der Waals surface area contributed by atoms with Crippen molar-refractivity contribution in [3.05, 3.63) is 29.8 Å². The smallest absolute Gasteiger partial charge is 0.160 e. The van der Waals surface area contributed by atoms with Gasteiger partial charge in [0.25, 0.3) is 0 Å². The third-order valence-corrected chi connectivity index (χ3v) is 4.11. The summed E-state index contributed by atoms with van der Waals surface area (Å²) in [6.07, 6.45) is 4.76. The van der Waals surface area contributed by atoms with Gasteiger partial charge in [-0.2, -0.15) is 0 Å². The average Bonchev–Trinajstić information content (AvgIpc) is 2.81. The van der Waals surface area contributed by atoms with Gasteiger partial charge < -0.3 is 10.2 Å². The molecule has 3 rings (SSSR count). The van der Waals surface area contributed by atoms with Crippen LogP contribution in [-0.2, 0) is 0 Å². The Bertz CT molecular complexity index is 436. The van der Waals surface area contributed by atoms with Crippen molar-refractivity contribution < 1.29 is 8.78 Å². The summed E-state index contributed by atoms with van der Waals surface area (Å²) in [5, 5.41) is 3.33. The first-order valence-corrected chi connectivity index (χ1v) is 6.68. The highest BCUT2D eigenvalue weighted by Crippen LogP contribution is 2.28. The molecule has 0 bridgehead atoms. The minimum Gasteiger partial charge on any atom is -0.382 e. The number of hydrogen-bond donors (Lipinski definition) is 1. The molecule has 0 spiro atoms. The zero-order chi connectivity index (χ0) is 12.5. The first-order chi connectivity index (χ1) is 8.72. The van der Waals surface area contributed by atoms with E-state index < -0.39 is 11.6 Å². The van der Waals surface area contributed by atoms with E-state index >= 15 is 0 Å². The molecule has 2 aliphatic rings. The number of nitrogens with one attached hydrogen (secondary N) is 1. The normalized spacial score (nSPS) is 28.1. The molecule has 0 saturated carbocycles. The molecular formula is C14H18F2N2. The lowest BCUT2D eigenvalue weighted by molar-refractivity contribution is 0.188. The first-order valence-electron chi connectivity index (χ1n) is 6.68. The lowest BCUT2D eigenvalue weighted by Gasteiger charge is -2.35. The first kappa shape index (κ1) is 11.9. The van der Waals surface area contributed by atoms with Crippen LogP contribution in [0.15, 0.2) is 18.2 Å². The molecule has 2 nitrogen and oxygen atoms in total. The topological polar surface area (TPSA) is 15.3 Å². The Labute approximate surface area is 106 Å². The second-order valence-electron chi connectivity index (χ2n) is 5.33. The van der Waals surface area contributed by atoms with Crippen molar-refractivity contribution in [2.45, 2.75) is 37.8 Å². The standard InChI is InChI=1S/C14H18F2N2/c15-13-4-3-10(9-14(13)16)17-11-5-7-18-6-1-2-12(18)8-11/h3-4,9,11-12,17H,1-2,5-8H2. The van der Waals surface area contributed by atoms with Crippen LogP contribution in [0.3, 0.4) is 0 Å². The van der Waals surface area contributed by atoms with Crippen LogP contribution in [0.25, 0.3) is 0 Å².